The van der Waals surface area contributed by atoms with Gasteiger partial charge in [0.05, 0.1) is 18.9 Å². The Kier molecular flexibility index (Phi) is 5.87. The number of nitrogens with zero attached hydrogens (tertiary/aromatic N) is 2. The zero-order valence-electron chi connectivity index (χ0n) is 14.8. The van der Waals surface area contributed by atoms with Crippen LogP contribution in [0, 0.1) is 0 Å². The molecule has 0 aliphatic rings. The number of hydrogen-bond acceptors (Lipinski definition) is 7. The van der Waals surface area contributed by atoms with E-state index >= 15 is 0 Å². The fraction of sp³-hybridized carbons (Fsp3) is 0.211. The van der Waals surface area contributed by atoms with Crippen molar-refractivity contribution in [2.75, 3.05) is 13.2 Å². The van der Waals surface area contributed by atoms with E-state index in [-0.39, 0.29) is 5.88 Å². The summed E-state index contributed by atoms with van der Waals surface area (Å²) >= 11 is 1.46. The molecule has 0 aliphatic carbocycles. The molecule has 3 rings (SSSR count). The topological polar surface area (TPSA) is 90.8 Å². The maximum atomic E-state index is 10.7. The number of pyridine rings is 1. The highest BCUT2D eigenvalue weighted by atomic mass is 32.1. The number of aromatic nitrogens is 2. The van der Waals surface area contributed by atoms with Gasteiger partial charge in [0.1, 0.15) is 10.7 Å². The lowest BCUT2D eigenvalue weighted by atomic mass is 10.2. The minimum atomic E-state index is -1.41. The number of rotatable bonds is 7. The van der Waals surface area contributed by atoms with Crippen molar-refractivity contribution in [2.24, 2.45) is 0 Å². The third kappa shape index (κ3) is 4.53. The van der Waals surface area contributed by atoms with Crippen LogP contribution in [0.2, 0.25) is 0 Å². The first-order valence-corrected chi connectivity index (χ1v) is 9.22. The highest BCUT2D eigenvalue weighted by Gasteiger charge is 2.13. The van der Waals surface area contributed by atoms with Crippen LogP contribution in [0.5, 0.6) is 17.4 Å². The summed E-state index contributed by atoms with van der Waals surface area (Å²) in [6, 6.07) is 10.6. The van der Waals surface area contributed by atoms with Crippen molar-refractivity contribution in [2.45, 2.75) is 13.8 Å². The molecular formula is C19H18N2O5S. The summed E-state index contributed by atoms with van der Waals surface area (Å²) in [6.45, 7) is 4.93. The molecule has 1 aromatic carbocycles. The fourth-order valence-corrected chi connectivity index (χ4v) is 3.22. The zero-order chi connectivity index (χ0) is 19.2. The molecule has 8 heteroatoms. The molecule has 0 amide bonds. The summed E-state index contributed by atoms with van der Waals surface area (Å²) in [5.74, 6) is 1.37. The van der Waals surface area contributed by atoms with Crippen LogP contribution in [0.1, 0.15) is 13.8 Å². The summed E-state index contributed by atoms with van der Waals surface area (Å²) in [7, 11) is 0. The molecule has 3 aromatic rings. The summed E-state index contributed by atoms with van der Waals surface area (Å²) < 4.78 is 15.8. The second-order valence-electron chi connectivity index (χ2n) is 5.29. The van der Waals surface area contributed by atoms with E-state index in [2.05, 4.69) is 14.7 Å². The molecule has 0 spiro atoms. The van der Waals surface area contributed by atoms with Crippen molar-refractivity contribution >= 4 is 17.5 Å². The number of ether oxygens (including phenoxy) is 3. The van der Waals surface area contributed by atoms with E-state index in [1.807, 2.05) is 37.4 Å². The van der Waals surface area contributed by atoms with Gasteiger partial charge in [0.25, 0.3) is 0 Å². The summed E-state index contributed by atoms with van der Waals surface area (Å²) in [5.41, 5.74) is 2.07. The molecular weight excluding hydrogens is 368 g/mol. The Labute approximate surface area is 160 Å². The monoisotopic (exact) mass is 386 g/mol. The van der Waals surface area contributed by atoms with Gasteiger partial charge in [-0.3, -0.25) is 0 Å². The van der Waals surface area contributed by atoms with Gasteiger partial charge in [-0.05, 0) is 38.1 Å². The first-order chi connectivity index (χ1) is 13.1. The minimum Gasteiger partial charge on any atom is -0.490 e. The van der Waals surface area contributed by atoms with Crippen molar-refractivity contribution in [3.8, 4) is 39.3 Å². The highest BCUT2D eigenvalue weighted by Crippen LogP contribution is 2.35. The number of benzene rings is 1. The quantitative estimate of drug-likeness (QED) is 0.587. The van der Waals surface area contributed by atoms with Crippen molar-refractivity contribution in [3.63, 3.8) is 0 Å². The molecule has 27 heavy (non-hydrogen) atoms. The molecule has 0 atom stereocenters. The summed E-state index contributed by atoms with van der Waals surface area (Å²) in [5, 5.41) is 11.4. The number of carbonyl (C=O) groups is 1. The molecule has 0 aliphatic heterocycles. The van der Waals surface area contributed by atoms with Crippen LogP contribution < -0.4 is 14.2 Å². The van der Waals surface area contributed by atoms with Gasteiger partial charge in [-0.2, -0.15) is 0 Å². The van der Waals surface area contributed by atoms with E-state index in [1.54, 1.807) is 12.1 Å². The summed E-state index contributed by atoms with van der Waals surface area (Å²) in [6.07, 6.45) is -1.41. The van der Waals surface area contributed by atoms with Gasteiger partial charge >= 0.3 is 6.16 Å². The maximum Gasteiger partial charge on any atom is 0.512 e. The van der Waals surface area contributed by atoms with E-state index in [4.69, 9.17) is 14.6 Å². The Balaban J connectivity index is 1.89. The molecule has 0 bridgehead atoms. The van der Waals surface area contributed by atoms with Gasteiger partial charge in [0, 0.05) is 17.0 Å². The van der Waals surface area contributed by atoms with E-state index in [0.29, 0.717) is 36.1 Å². The van der Waals surface area contributed by atoms with Crippen molar-refractivity contribution in [3.05, 3.63) is 41.8 Å². The second kappa shape index (κ2) is 8.50. The molecule has 140 valence electrons. The van der Waals surface area contributed by atoms with Gasteiger partial charge in [0.15, 0.2) is 11.5 Å². The molecule has 1 N–H and O–H groups in total. The van der Waals surface area contributed by atoms with E-state index in [1.165, 1.54) is 17.4 Å². The average Bonchev–Trinajstić information content (AvgIpc) is 3.13. The lowest BCUT2D eigenvalue weighted by molar-refractivity contribution is 0.142. The van der Waals surface area contributed by atoms with Gasteiger partial charge in [-0.15, -0.1) is 11.3 Å². The lowest BCUT2D eigenvalue weighted by Crippen LogP contribution is -2.04. The van der Waals surface area contributed by atoms with E-state index < -0.39 is 6.16 Å². The number of hydrogen-bond donors (Lipinski definition) is 1. The van der Waals surface area contributed by atoms with Gasteiger partial charge in [-0.1, -0.05) is 6.07 Å². The third-order valence-corrected chi connectivity index (χ3v) is 4.36. The van der Waals surface area contributed by atoms with Crippen molar-refractivity contribution in [1.29, 1.82) is 0 Å². The van der Waals surface area contributed by atoms with Crippen molar-refractivity contribution in [1.82, 2.24) is 9.97 Å². The molecule has 2 heterocycles. The molecule has 0 unspecified atom stereocenters. The van der Waals surface area contributed by atoms with Crippen LogP contribution in [0.15, 0.2) is 41.8 Å². The van der Waals surface area contributed by atoms with Crippen LogP contribution in [-0.2, 0) is 0 Å². The van der Waals surface area contributed by atoms with Crippen LogP contribution in [-0.4, -0.2) is 34.4 Å². The van der Waals surface area contributed by atoms with E-state index in [9.17, 15) is 4.79 Å². The van der Waals surface area contributed by atoms with E-state index in [0.717, 1.165) is 10.6 Å². The van der Waals surface area contributed by atoms with Gasteiger partial charge in [-0.25, -0.2) is 14.8 Å². The maximum absolute atomic E-state index is 10.7. The Morgan fingerprint density at radius 2 is 1.81 bits per heavy atom. The Hall–Kier alpha value is -3.13. The summed E-state index contributed by atoms with van der Waals surface area (Å²) in [4.78, 5) is 19.4. The predicted octanol–water partition coefficient (Wildman–Crippen LogP) is 4.73. The second-order valence-corrected chi connectivity index (χ2v) is 6.15. The van der Waals surface area contributed by atoms with Crippen LogP contribution in [0.3, 0.4) is 0 Å². The Morgan fingerprint density at radius 1 is 1.04 bits per heavy atom. The van der Waals surface area contributed by atoms with Gasteiger partial charge in [0.2, 0.25) is 5.88 Å². The highest BCUT2D eigenvalue weighted by molar-refractivity contribution is 7.13. The minimum absolute atomic E-state index is 0.00856. The first kappa shape index (κ1) is 18.7. The van der Waals surface area contributed by atoms with Crippen LogP contribution in [0.25, 0.3) is 22.0 Å². The number of carboxylic acid groups (broad SMARTS) is 1. The van der Waals surface area contributed by atoms with Crippen LogP contribution in [0.4, 0.5) is 4.79 Å². The standard InChI is InChI=1S/C19H18N2O5S/c1-3-24-15-9-8-12(10-16(15)25-4-2)18-21-14(11-27-18)13-6-5-7-17(20-13)26-19(22)23/h5-11H,3-4H2,1-2H3,(H,22,23). The largest absolute Gasteiger partial charge is 0.512 e. The molecule has 7 nitrogen and oxygen atoms in total. The Bertz CT molecular complexity index is 941. The number of thiazole rings is 1. The Morgan fingerprint density at radius 3 is 2.56 bits per heavy atom. The smallest absolute Gasteiger partial charge is 0.490 e. The molecule has 2 aromatic heterocycles. The normalized spacial score (nSPS) is 10.4. The molecule has 0 saturated heterocycles. The SMILES string of the molecule is CCOc1ccc(-c2nc(-c3cccc(OC(=O)O)n3)cs2)cc1OCC. The van der Waals surface area contributed by atoms with Crippen LogP contribution >= 0.6 is 11.3 Å². The third-order valence-electron chi connectivity index (χ3n) is 3.47. The molecule has 0 radical (unpaired) electrons. The zero-order valence-corrected chi connectivity index (χ0v) is 15.7. The average molecular weight is 386 g/mol. The predicted molar refractivity (Wildman–Crippen MR) is 102 cm³/mol. The molecule has 0 fully saturated rings. The molecule has 0 saturated carbocycles. The van der Waals surface area contributed by atoms with Gasteiger partial charge < -0.3 is 19.3 Å². The lowest BCUT2D eigenvalue weighted by Gasteiger charge is -2.11. The fourth-order valence-electron chi connectivity index (χ4n) is 2.41. The van der Waals surface area contributed by atoms with Crippen molar-refractivity contribution < 1.29 is 24.1 Å². The first-order valence-electron chi connectivity index (χ1n) is 8.34.